The van der Waals surface area contributed by atoms with Crippen molar-refractivity contribution in [3.63, 3.8) is 0 Å². The van der Waals surface area contributed by atoms with Crippen LogP contribution in [-0.4, -0.2) is 35.8 Å². The molecule has 5 nitrogen and oxygen atoms in total. The Morgan fingerprint density at radius 1 is 1.38 bits per heavy atom. The number of halogens is 2. The maximum Gasteiger partial charge on any atom is 0.254 e. The molecule has 1 amide bonds. The van der Waals surface area contributed by atoms with Gasteiger partial charge in [0.15, 0.2) is 0 Å². The van der Waals surface area contributed by atoms with E-state index in [1.54, 1.807) is 6.20 Å². The molecular weight excluding hydrogens is 347 g/mol. The first-order chi connectivity index (χ1) is 11.1. The van der Waals surface area contributed by atoms with Crippen LogP contribution >= 0.6 is 24.0 Å². The van der Waals surface area contributed by atoms with Crippen LogP contribution in [0.5, 0.6) is 0 Å². The van der Waals surface area contributed by atoms with Gasteiger partial charge in [-0.15, -0.1) is 12.4 Å². The summed E-state index contributed by atoms with van der Waals surface area (Å²) in [5.74, 6) is 0.342. The summed E-state index contributed by atoms with van der Waals surface area (Å²) in [4.78, 5) is 12.4. The van der Waals surface area contributed by atoms with Crippen LogP contribution in [0.3, 0.4) is 0 Å². The van der Waals surface area contributed by atoms with E-state index in [9.17, 15) is 4.79 Å². The molecule has 0 bridgehead atoms. The Labute approximate surface area is 153 Å². The average molecular weight is 369 g/mol. The molecule has 0 atom stereocenters. The van der Waals surface area contributed by atoms with Crippen LogP contribution in [0.2, 0.25) is 5.02 Å². The number of aryl methyl sites for hydroxylation is 1. The van der Waals surface area contributed by atoms with Crippen LogP contribution in [0.25, 0.3) is 5.69 Å². The number of rotatable bonds is 6. The van der Waals surface area contributed by atoms with Crippen LogP contribution in [-0.2, 0) is 0 Å². The summed E-state index contributed by atoms with van der Waals surface area (Å²) in [6.07, 6.45) is 3.86. The number of nitrogens with one attached hydrogen (secondary N) is 2. The highest BCUT2D eigenvalue weighted by molar-refractivity contribution is 6.31. The van der Waals surface area contributed by atoms with Gasteiger partial charge in [-0.1, -0.05) is 17.7 Å². The van der Waals surface area contributed by atoms with Crippen molar-refractivity contribution >= 4 is 29.9 Å². The second kappa shape index (κ2) is 8.01. The second-order valence-corrected chi connectivity index (χ2v) is 6.33. The molecule has 0 radical (unpaired) electrons. The predicted molar refractivity (Wildman–Crippen MR) is 98.8 cm³/mol. The molecule has 1 fully saturated rings. The molecule has 1 saturated carbocycles. The quantitative estimate of drug-likeness (QED) is 0.770. The van der Waals surface area contributed by atoms with Crippen molar-refractivity contribution in [2.45, 2.75) is 25.7 Å². The zero-order valence-electron chi connectivity index (χ0n) is 13.8. The largest absolute Gasteiger partial charge is 0.351 e. The fourth-order valence-corrected chi connectivity index (χ4v) is 2.77. The van der Waals surface area contributed by atoms with Gasteiger partial charge in [-0.05, 0) is 44.5 Å². The van der Waals surface area contributed by atoms with E-state index in [-0.39, 0.29) is 18.3 Å². The summed E-state index contributed by atoms with van der Waals surface area (Å²) in [7, 11) is 1.86. The van der Waals surface area contributed by atoms with Gasteiger partial charge in [0, 0.05) is 24.0 Å². The van der Waals surface area contributed by atoms with E-state index >= 15 is 0 Å². The van der Waals surface area contributed by atoms with E-state index in [2.05, 4.69) is 15.7 Å². The maximum atomic E-state index is 12.4. The first kappa shape index (κ1) is 18.8. The molecule has 1 aromatic carbocycles. The highest BCUT2D eigenvalue weighted by Crippen LogP contribution is 2.42. The van der Waals surface area contributed by atoms with Crippen molar-refractivity contribution in [3.8, 4) is 5.69 Å². The minimum absolute atomic E-state index is 0. The number of likely N-dealkylation sites (N-methyl/N-ethyl adjacent to an activating group) is 1. The molecule has 130 valence electrons. The summed E-state index contributed by atoms with van der Waals surface area (Å²) in [6, 6.07) is 5.87. The maximum absolute atomic E-state index is 12.4. The summed E-state index contributed by atoms with van der Waals surface area (Å²) < 4.78 is 1.86. The number of benzene rings is 1. The summed E-state index contributed by atoms with van der Waals surface area (Å²) in [6.45, 7) is 3.31. The monoisotopic (exact) mass is 368 g/mol. The molecule has 0 saturated heterocycles. The Bertz CT molecular complexity index is 725. The average Bonchev–Trinajstić information content (AvgIpc) is 3.28. The smallest absolute Gasteiger partial charge is 0.254 e. The Balaban J connectivity index is 0.00000208. The van der Waals surface area contributed by atoms with E-state index in [1.807, 2.05) is 36.9 Å². The van der Waals surface area contributed by atoms with Gasteiger partial charge in [0.25, 0.3) is 5.91 Å². The van der Waals surface area contributed by atoms with Gasteiger partial charge >= 0.3 is 0 Å². The number of hydrogen-bond acceptors (Lipinski definition) is 3. The van der Waals surface area contributed by atoms with Crippen molar-refractivity contribution in [1.29, 1.82) is 0 Å². The molecule has 1 aromatic heterocycles. The van der Waals surface area contributed by atoms with Crippen LogP contribution < -0.4 is 10.6 Å². The van der Waals surface area contributed by atoms with Crippen molar-refractivity contribution in [1.82, 2.24) is 20.4 Å². The molecule has 2 aromatic rings. The Morgan fingerprint density at radius 2 is 2.12 bits per heavy atom. The molecule has 7 heteroatoms. The minimum atomic E-state index is -0.0633. The van der Waals surface area contributed by atoms with Crippen LogP contribution in [0.1, 0.15) is 40.4 Å². The van der Waals surface area contributed by atoms with Gasteiger partial charge in [-0.3, -0.25) is 4.79 Å². The summed E-state index contributed by atoms with van der Waals surface area (Å²) in [5, 5.41) is 11.1. The predicted octanol–water partition coefficient (Wildman–Crippen LogP) is 3.08. The van der Waals surface area contributed by atoms with Gasteiger partial charge in [-0.25, -0.2) is 4.68 Å². The normalized spacial score (nSPS) is 13.5. The third-order valence-electron chi connectivity index (χ3n) is 4.08. The molecule has 0 aliphatic heterocycles. The highest BCUT2D eigenvalue weighted by atomic mass is 35.5. The summed E-state index contributed by atoms with van der Waals surface area (Å²) >= 11 is 6.24. The van der Waals surface area contributed by atoms with E-state index in [1.165, 1.54) is 0 Å². The minimum Gasteiger partial charge on any atom is -0.351 e. The molecule has 3 rings (SSSR count). The van der Waals surface area contributed by atoms with E-state index in [0.717, 1.165) is 36.3 Å². The fourth-order valence-electron chi connectivity index (χ4n) is 2.60. The van der Waals surface area contributed by atoms with Gasteiger partial charge < -0.3 is 10.6 Å². The van der Waals surface area contributed by atoms with E-state index < -0.39 is 0 Å². The molecule has 24 heavy (non-hydrogen) atoms. The Kier molecular flexibility index (Phi) is 6.27. The highest BCUT2D eigenvalue weighted by Gasteiger charge is 2.32. The zero-order chi connectivity index (χ0) is 16.4. The lowest BCUT2D eigenvalue weighted by Crippen LogP contribution is -2.30. The number of carbonyl (C=O) groups is 1. The molecule has 2 N–H and O–H groups in total. The van der Waals surface area contributed by atoms with Crippen molar-refractivity contribution in [3.05, 3.63) is 46.2 Å². The van der Waals surface area contributed by atoms with Crippen molar-refractivity contribution < 1.29 is 4.79 Å². The lowest BCUT2D eigenvalue weighted by atomic mass is 10.1. The third kappa shape index (κ3) is 3.91. The van der Waals surface area contributed by atoms with Crippen LogP contribution in [0.4, 0.5) is 0 Å². The Hall–Kier alpha value is -1.56. The Morgan fingerprint density at radius 3 is 2.75 bits per heavy atom. The van der Waals surface area contributed by atoms with Crippen molar-refractivity contribution in [2.24, 2.45) is 0 Å². The SMILES string of the molecule is CNCCNC(=O)c1cnn(-c2ccc(C)c(Cl)c2)c1C1CC1.Cl. The summed E-state index contributed by atoms with van der Waals surface area (Å²) in [5.41, 5.74) is 3.59. The van der Waals surface area contributed by atoms with Crippen molar-refractivity contribution in [2.75, 3.05) is 20.1 Å². The second-order valence-electron chi connectivity index (χ2n) is 5.92. The third-order valence-corrected chi connectivity index (χ3v) is 4.48. The van der Waals surface area contributed by atoms with Gasteiger partial charge in [0.2, 0.25) is 0 Å². The molecule has 1 heterocycles. The standard InChI is InChI=1S/C17H21ClN4O.ClH/c1-11-3-6-13(9-15(11)18)22-16(12-4-5-12)14(10-21-22)17(23)20-8-7-19-2;/h3,6,9-10,12,19H,4-5,7-8H2,1-2H3,(H,20,23);1H. The van der Waals surface area contributed by atoms with Gasteiger partial charge in [0.05, 0.1) is 23.1 Å². The number of amides is 1. The molecule has 1 aliphatic rings. The first-order valence-corrected chi connectivity index (χ1v) is 8.27. The number of aromatic nitrogens is 2. The first-order valence-electron chi connectivity index (χ1n) is 7.89. The lowest BCUT2D eigenvalue weighted by molar-refractivity contribution is 0.0953. The molecule has 1 aliphatic carbocycles. The fraction of sp³-hybridized carbons (Fsp3) is 0.412. The van der Waals surface area contributed by atoms with Crippen LogP contribution in [0, 0.1) is 6.92 Å². The molecule has 0 unspecified atom stereocenters. The molecular formula is C17H22Cl2N4O. The van der Waals surface area contributed by atoms with Gasteiger partial charge in [-0.2, -0.15) is 5.10 Å². The molecule has 0 spiro atoms. The lowest BCUT2D eigenvalue weighted by Gasteiger charge is -2.10. The van der Waals surface area contributed by atoms with Crippen LogP contribution in [0.15, 0.2) is 24.4 Å². The van der Waals surface area contributed by atoms with E-state index in [4.69, 9.17) is 11.6 Å². The topological polar surface area (TPSA) is 58.9 Å². The zero-order valence-corrected chi connectivity index (χ0v) is 15.4. The van der Waals surface area contributed by atoms with Gasteiger partial charge in [0.1, 0.15) is 0 Å². The number of nitrogens with zero attached hydrogens (tertiary/aromatic N) is 2. The number of carbonyl (C=O) groups excluding carboxylic acids is 1. The van der Waals surface area contributed by atoms with E-state index in [0.29, 0.717) is 23.0 Å². The number of hydrogen-bond donors (Lipinski definition) is 2.